The average molecular weight is 504 g/mol. The Balaban J connectivity index is 1.36. The number of nitrogens with zero attached hydrogens (tertiary/aromatic N) is 1. The summed E-state index contributed by atoms with van der Waals surface area (Å²) in [6.45, 7) is 0.108. The van der Waals surface area contributed by atoms with E-state index in [9.17, 15) is 27.2 Å². The first kappa shape index (κ1) is 24.9. The number of aromatic nitrogens is 1. The van der Waals surface area contributed by atoms with E-state index in [1.807, 2.05) is 0 Å². The second-order valence-electron chi connectivity index (χ2n) is 8.11. The van der Waals surface area contributed by atoms with Crippen LogP contribution in [0.5, 0.6) is 17.2 Å². The molecule has 188 valence electrons. The average Bonchev–Trinajstić information content (AvgIpc) is 3.63. The van der Waals surface area contributed by atoms with Crippen LogP contribution in [0.4, 0.5) is 17.6 Å². The Hall–Kier alpha value is -4.19. The fourth-order valence-corrected chi connectivity index (χ4v) is 3.41. The summed E-state index contributed by atoms with van der Waals surface area (Å²) in [5.74, 6) is 2.70. The number of nitrogens with two attached hydrogens (primary N) is 1. The number of amides is 2. The highest BCUT2D eigenvalue weighted by Gasteiger charge is 2.51. The smallest absolute Gasteiger partial charge is 0.420 e. The van der Waals surface area contributed by atoms with Crippen LogP contribution in [0, 0.1) is 5.95 Å². The van der Waals surface area contributed by atoms with Crippen LogP contribution in [-0.4, -0.2) is 22.3 Å². The van der Waals surface area contributed by atoms with Crippen molar-refractivity contribution in [1.82, 2.24) is 15.6 Å². The fraction of sp³-hybridized carbons (Fsp3) is 0.208. The third kappa shape index (κ3) is 5.71. The third-order valence-electron chi connectivity index (χ3n) is 5.52. The van der Waals surface area contributed by atoms with Crippen molar-refractivity contribution in [3.63, 3.8) is 0 Å². The van der Waals surface area contributed by atoms with E-state index in [0.717, 1.165) is 24.4 Å². The van der Waals surface area contributed by atoms with E-state index in [-0.39, 0.29) is 23.6 Å². The lowest BCUT2D eigenvalue weighted by Crippen LogP contribution is -2.48. The molecule has 1 saturated carbocycles. The number of alkyl halides is 3. The van der Waals surface area contributed by atoms with Crippen LogP contribution in [0.15, 0.2) is 60.8 Å². The highest BCUT2D eigenvalue weighted by molar-refractivity contribution is 6.00. The van der Waals surface area contributed by atoms with Crippen molar-refractivity contribution >= 4 is 11.8 Å². The van der Waals surface area contributed by atoms with E-state index < -0.39 is 40.8 Å². The maximum atomic E-state index is 13.3. The molecule has 1 aliphatic rings. The van der Waals surface area contributed by atoms with E-state index >= 15 is 0 Å². The minimum Gasteiger partial charge on any atom is -0.457 e. The number of halogens is 4. The van der Waals surface area contributed by atoms with Gasteiger partial charge in [0.2, 0.25) is 11.9 Å². The minimum absolute atomic E-state index is 0.0519. The van der Waals surface area contributed by atoms with Gasteiger partial charge in [0.05, 0.1) is 0 Å². The zero-order valence-corrected chi connectivity index (χ0v) is 18.6. The Morgan fingerprint density at radius 1 is 1.03 bits per heavy atom. The number of carbonyl (C=O) groups is 2. The van der Waals surface area contributed by atoms with Gasteiger partial charge in [-0.2, -0.15) is 23.5 Å². The monoisotopic (exact) mass is 504 g/mol. The van der Waals surface area contributed by atoms with Gasteiger partial charge in [-0.15, -0.1) is 0 Å². The molecule has 1 aromatic heterocycles. The lowest BCUT2D eigenvalue weighted by Gasteiger charge is -2.17. The summed E-state index contributed by atoms with van der Waals surface area (Å²) in [5.41, 5.74) is -1.42. The van der Waals surface area contributed by atoms with Crippen molar-refractivity contribution in [2.45, 2.75) is 31.1 Å². The minimum atomic E-state index is -4.69. The van der Waals surface area contributed by atoms with E-state index in [1.165, 1.54) is 24.3 Å². The Morgan fingerprint density at radius 3 is 2.33 bits per heavy atom. The lowest BCUT2D eigenvalue weighted by molar-refractivity contribution is -0.138. The zero-order valence-electron chi connectivity index (χ0n) is 18.6. The van der Waals surface area contributed by atoms with Gasteiger partial charge in [0.15, 0.2) is 0 Å². The summed E-state index contributed by atoms with van der Waals surface area (Å²) in [4.78, 5) is 32.8. The zero-order chi connectivity index (χ0) is 25.9. The number of pyridine rings is 1. The summed E-state index contributed by atoms with van der Waals surface area (Å²) in [7, 11) is 0. The van der Waals surface area contributed by atoms with Gasteiger partial charge in [-0.05, 0) is 54.8 Å². The molecule has 2 amide bonds. The molecule has 1 aliphatic carbocycles. The molecular weight excluding hydrogens is 484 g/mol. The van der Waals surface area contributed by atoms with Crippen molar-refractivity contribution in [3.8, 4) is 17.2 Å². The molecule has 2 aromatic carbocycles. The van der Waals surface area contributed by atoms with Gasteiger partial charge in [0.25, 0.3) is 5.91 Å². The van der Waals surface area contributed by atoms with Crippen molar-refractivity contribution in [3.05, 3.63) is 83.4 Å². The highest BCUT2D eigenvalue weighted by Crippen LogP contribution is 2.40. The van der Waals surface area contributed by atoms with E-state index in [1.54, 1.807) is 12.1 Å². The van der Waals surface area contributed by atoms with Gasteiger partial charge in [0, 0.05) is 24.4 Å². The summed E-state index contributed by atoms with van der Waals surface area (Å²) in [5, 5.41) is 5.36. The Bertz CT molecular complexity index is 1280. The van der Waals surface area contributed by atoms with Gasteiger partial charge >= 0.3 is 6.18 Å². The Labute approximate surface area is 202 Å². The first-order valence-corrected chi connectivity index (χ1v) is 10.7. The number of carbonyl (C=O) groups excluding carboxylic acids is 2. The van der Waals surface area contributed by atoms with Crippen molar-refractivity contribution in [2.24, 2.45) is 5.90 Å². The van der Waals surface area contributed by atoms with Crippen LogP contribution in [0.25, 0.3) is 0 Å². The Morgan fingerprint density at radius 2 is 1.72 bits per heavy atom. The maximum Gasteiger partial charge on any atom is 0.420 e. The van der Waals surface area contributed by atoms with Crippen LogP contribution >= 0.6 is 0 Å². The molecule has 4 N–H and O–H groups in total. The quantitative estimate of drug-likeness (QED) is 0.244. The van der Waals surface area contributed by atoms with E-state index in [0.29, 0.717) is 18.4 Å². The molecule has 3 aromatic rings. The largest absolute Gasteiger partial charge is 0.457 e. The highest BCUT2D eigenvalue weighted by atomic mass is 19.4. The lowest BCUT2D eigenvalue weighted by atomic mass is 10.1. The summed E-state index contributed by atoms with van der Waals surface area (Å²) >= 11 is 0. The van der Waals surface area contributed by atoms with Crippen LogP contribution in [0.1, 0.15) is 34.3 Å². The number of ether oxygens (including phenoxy) is 1. The predicted octanol–water partition coefficient (Wildman–Crippen LogP) is 3.86. The molecule has 0 bridgehead atoms. The SMILES string of the molecule is NOc1ccc(Oc2ccc(CNC(=O)C3(NC(=O)c4ccnc(F)c4)CC3)cc2)c(C(F)(F)F)c1. The topological polar surface area (TPSA) is 116 Å². The van der Waals surface area contributed by atoms with Gasteiger partial charge < -0.3 is 20.2 Å². The number of nitrogens with one attached hydrogen (secondary N) is 2. The second kappa shape index (κ2) is 9.82. The molecule has 4 rings (SSSR count). The van der Waals surface area contributed by atoms with Crippen molar-refractivity contribution < 1.29 is 36.7 Å². The molecule has 0 radical (unpaired) electrons. The van der Waals surface area contributed by atoms with Gasteiger partial charge in [-0.1, -0.05) is 12.1 Å². The molecular formula is C24H20F4N4O4. The molecule has 0 atom stereocenters. The number of hydrogen-bond donors (Lipinski definition) is 3. The maximum absolute atomic E-state index is 13.3. The molecule has 12 heteroatoms. The molecule has 36 heavy (non-hydrogen) atoms. The van der Waals surface area contributed by atoms with Gasteiger partial charge in [-0.3, -0.25) is 9.59 Å². The fourth-order valence-electron chi connectivity index (χ4n) is 3.41. The van der Waals surface area contributed by atoms with Crippen LogP contribution in [-0.2, 0) is 17.5 Å². The Kier molecular flexibility index (Phi) is 6.80. The predicted molar refractivity (Wildman–Crippen MR) is 118 cm³/mol. The molecule has 1 fully saturated rings. The molecule has 1 heterocycles. The second-order valence-corrected chi connectivity index (χ2v) is 8.11. The van der Waals surface area contributed by atoms with Gasteiger partial charge in [0.1, 0.15) is 28.4 Å². The molecule has 0 spiro atoms. The number of hydrogen-bond acceptors (Lipinski definition) is 6. The van der Waals surface area contributed by atoms with E-state index in [2.05, 4.69) is 20.5 Å². The van der Waals surface area contributed by atoms with Crippen LogP contribution in [0.2, 0.25) is 0 Å². The van der Waals surface area contributed by atoms with Crippen molar-refractivity contribution in [2.75, 3.05) is 0 Å². The first-order valence-electron chi connectivity index (χ1n) is 10.7. The molecule has 0 aliphatic heterocycles. The van der Waals surface area contributed by atoms with Crippen LogP contribution in [0.3, 0.4) is 0 Å². The third-order valence-corrected chi connectivity index (χ3v) is 5.52. The van der Waals surface area contributed by atoms with Gasteiger partial charge in [-0.25, -0.2) is 4.98 Å². The first-order chi connectivity index (χ1) is 17.1. The normalized spacial score (nSPS) is 14.0. The van der Waals surface area contributed by atoms with E-state index in [4.69, 9.17) is 10.6 Å². The number of benzene rings is 2. The molecule has 8 nitrogen and oxygen atoms in total. The molecule has 0 saturated heterocycles. The molecule has 0 unspecified atom stereocenters. The summed E-state index contributed by atoms with van der Waals surface area (Å²) < 4.78 is 58.7. The summed E-state index contributed by atoms with van der Waals surface area (Å²) in [6.07, 6.45) is -2.67. The van der Waals surface area contributed by atoms with Crippen molar-refractivity contribution in [1.29, 1.82) is 0 Å². The number of rotatable bonds is 8. The van der Waals surface area contributed by atoms with Crippen LogP contribution < -0.4 is 26.1 Å². The summed E-state index contributed by atoms with van der Waals surface area (Å²) in [6, 6.07) is 11.5. The standard InChI is InChI=1S/C24H20F4N4O4/c25-20-11-15(7-10-30-20)21(33)32-23(8-9-23)22(34)31-13-14-1-3-16(4-2-14)35-19-6-5-17(36-29)12-18(19)24(26,27)28/h1-7,10-12H,8-9,13,29H2,(H,31,34)(H,32,33).